The number of aliphatic hydroxyl groups is 1. The summed E-state index contributed by atoms with van der Waals surface area (Å²) in [4.78, 5) is 2.37. The number of hydrogen-bond acceptors (Lipinski definition) is 3. The SMILES string of the molecule is CCN(CC)CCC(C)(CO)NC. The van der Waals surface area contributed by atoms with Gasteiger partial charge in [0, 0.05) is 5.54 Å². The van der Waals surface area contributed by atoms with Crippen molar-refractivity contribution in [1.82, 2.24) is 10.2 Å². The first-order valence-electron chi connectivity index (χ1n) is 5.14. The van der Waals surface area contributed by atoms with Crippen LogP contribution in [0.15, 0.2) is 0 Å². The Bertz CT molecular complexity index is 120. The summed E-state index contributed by atoms with van der Waals surface area (Å²) >= 11 is 0. The Labute approximate surface area is 82.1 Å². The van der Waals surface area contributed by atoms with Gasteiger partial charge in [0.2, 0.25) is 0 Å². The summed E-state index contributed by atoms with van der Waals surface area (Å²) in [6.07, 6.45) is 0.988. The molecule has 80 valence electrons. The highest BCUT2D eigenvalue weighted by atomic mass is 16.3. The van der Waals surface area contributed by atoms with Gasteiger partial charge in [-0.15, -0.1) is 0 Å². The molecule has 13 heavy (non-hydrogen) atoms. The average molecular weight is 188 g/mol. The monoisotopic (exact) mass is 188 g/mol. The molecule has 0 aromatic heterocycles. The third-order valence-electron chi connectivity index (χ3n) is 2.83. The van der Waals surface area contributed by atoms with Gasteiger partial charge >= 0.3 is 0 Å². The molecule has 0 heterocycles. The molecule has 0 aliphatic carbocycles. The second kappa shape index (κ2) is 6.35. The van der Waals surface area contributed by atoms with Crippen LogP contribution in [0, 0.1) is 0 Å². The minimum absolute atomic E-state index is 0.122. The van der Waals surface area contributed by atoms with Crippen LogP contribution in [0.25, 0.3) is 0 Å². The smallest absolute Gasteiger partial charge is 0.0610 e. The lowest BCUT2D eigenvalue weighted by Gasteiger charge is -2.29. The van der Waals surface area contributed by atoms with Crippen LogP contribution < -0.4 is 5.32 Å². The molecule has 0 bridgehead atoms. The number of aliphatic hydroxyl groups excluding tert-OH is 1. The van der Waals surface area contributed by atoms with Crippen LogP contribution in [0.4, 0.5) is 0 Å². The molecule has 3 nitrogen and oxygen atoms in total. The van der Waals surface area contributed by atoms with Gasteiger partial charge in [-0.1, -0.05) is 13.8 Å². The van der Waals surface area contributed by atoms with E-state index in [1.807, 2.05) is 7.05 Å². The highest BCUT2D eigenvalue weighted by Crippen LogP contribution is 2.08. The van der Waals surface area contributed by atoms with Crippen LogP contribution in [0.1, 0.15) is 27.2 Å². The van der Waals surface area contributed by atoms with E-state index in [0.717, 1.165) is 26.1 Å². The maximum absolute atomic E-state index is 9.16. The van der Waals surface area contributed by atoms with Crippen molar-refractivity contribution in [3.63, 3.8) is 0 Å². The van der Waals surface area contributed by atoms with Crippen molar-refractivity contribution in [3.05, 3.63) is 0 Å². The summed E-state index contributed by atoms with van der Waals surface area (Å²) in [5.74, 6) is 0. The Morgan fingerprint density at radius 2 is 1.85 bits per heavy atom. The molecule has 2 N–H and O–H groups in total. The summed E-state index contributed by atoms with van der Waals surface area (Å²) in [5, 5.41) is 12.3. The van der Waals surface area contributed by atoms with E-state index in [9.17, 15) is 0 Å². The Hall–Kier alpha value is -0.120. The molecule has 0 aliphatic rings. The maximum Gasteiger partial charge on any atom is 0.0610 e. The lowest BCUT2D eigenvalue weighted by atomic mass is 9.99. The molecule has 0 rings (SSSR count). The molecule has 1 unspecified atom stereocenters. The van der Waals surface area contributed by atoms with E-state index >= 15 is 0 Å². The average Bonchev–Trinajstić information content (AvgIpc) is 2.19. The summed E-state index contributed by atoms with van der Waals surface area (Å²) in [6.45, 7) is 9.80. The highest BCUT2D eigenvalue weighted by molar-refractivity contribution is 4.81. The van der Waals surface area contributed by atoms with Crippen LogP contribution in [-0.2, 0) is 0 Å². The first-order valence-corrected chi connectivity index (χ1v) is 5.14. The van der Waals surface area contributed by atoms with Gasteiger partial charge in [0.05, 0.1) is 6.61 Å². The molecular weight excluding hydrogens is 164 g/mol. The molecule has 1 atom stereocenters. The Morgan fingerprint density at radius 3 is 2.15 bits per heavy atom. The zero-order valence-electron chi connectivity index (χ0n) is 9.43. The summed E-state index contributed by atoms with van der Waals surface area (Å²) < 4.78 is 0. The van der Waals surface area contributed by atoms with Crippen molar-refractivity contribution < 1.29 is 5.11 Å². The van der Waals surface area contributed by atoms with E-state index in [1.165, 1.54) is 0 Å². The van der Waals surface area contributed by atoms with Gasteiger partial charge in [0.1, 0.15) is 0 Å². The lowest BCUT2D eigenvalue weighted by molar-refractivity contribution is 0.155. The van der Waals surface area contributed by atoms with Gasteiger partial charge < -0.3 is 15.3 Å². The summed E-state index contributed by atoms with van der Waals surface area (Å²) in [7, 11) is 1.90. The molecule has 0 saturated carbocycles. The van der Waals surface area contributed by atoms with Gasteiger partial charge in [-0.2, -0.15) is 0 Å². The number of hydrogen-bond donors (Lipinski definition) is 2. The second-order valence-electron chi connectivity index (χ2n) is 3.75. The standard InChI is InChI=1S/C10H24N2O/c1-5-12(6-2)8-7-10(3,9-13)11-4/h11,13H,5-9H2,1-4H3. The van der Waals surface area contributed by atoms with Gasteiger partial charge in [-0.3, -0.25) is 0 Å². The molecule has 0 aromatic rings. The van der Waals surface area contributed by atoms with E-state index in [-0.39, 0.29) is 12.1 Å². The first kappa shape index (κ1) is 12.9. The lowest BCUT2D eigenvalue weighted by Crippen LogP contribution is -2.46. The van der Waals surface area contributed by atoms with Crippen molar-refractivity contribution in [1.29, 1.82) is 0 Å². The molecular formula is C10H24N2O. The second-order valence-corrected chi connectivity index (χ2v) is 3.75. The van der Waals surface area contributed by atoms with Crippen LogP contribution >= 0.6 is 0 Å². The van der Waals surface area contributed by atoms with Gasteiger partial charge in [0.25, 0.3) is 0 Å². The molecule has 0 aromatic carbocycles. The fourth-order valence-corrected chi connectivity index (χ4v) is 1.23. The Morgan fingerprint density at radius 1 is 1.31 bits per heavy atom. The third-order valence-corrected chi connectivity index (χ3v) is 2.83. The van der Waals surface area contributed by atoms with E-state index in [0.29, 0.717) is 0 Å². The van der Waals surface area contributed by atoms with Gasteiger partial charge in [-0.25, -0.2) is 0 Å². The van der Waals surface area contributed by atoms with Crippen LogP contribution in [0.5, 0.6) is 0 Å². The normalized spacial score (nSPS) is 16.2. The zero-order chi connectivity index (χ0) is 10.3. The molecule has 3 heteroatoms. The van der Waals surface area contributed by atoms with Crippen molar-refractivity contribution in [3.8, 4) is 0 Å². The minimum Gasteiger partial charge on any atom is -0.394 e. The van der Waals surface area contributed by atoms with E-state index in [1.54, 1.807) is 0 Å². The largest absolute Gasteiger partial charge is 0.394 e. The van der Waals surface area contributed by atoms with Gasteiger partial charge in [-0.05, 0) is 40.0 Å². The van der Waals surface area contributed by atoms with Crippen molar-refractivity contribution >= 4 is 0 Å². The van der Waals surface area contributed by atoms with E-state index < -0.39 is 0 Å². The van der Waals surface area contributed by atoms with Crippen molar-refractivity contribution in [2.45, 2.75) is 32.7 Å². The Kier molecular flexibility index (Phi) is 6.29. The number of nitrogens with one attached hydrogen (secondary N) is 1. The third kappa shape index (κ3) is 4.60. The molecule has 0 aliphatic heterocycles. The topological polar surface area (TPSA) is 35.5 Å². The highest BCUT2D eigenvalue weighted by Gasteiger charge is 2.20. The van der Waals surface area contributed by atoms with Crippen molar-refractivity contribution in [2.75, 3.05) is 33.3 Å². The van der Waals surface area contributed by atoms with E-state index in [4.69, 9.17) is 5.11 Å². The summed E-state index contributed by atoms with van der Waals surface area (Å²) in [6, 6.07) is 0. The maximum atomic E-state index is 9.16. The molecule has 0 spiro atoms. The predicted molar refractivity (Wildman–Crippen MR) is 57.0 cm³/mol. The molecule has 0 radical (unpaired) electrons. The molecule has 0 fully saturated rings. The van der Waals surface area contributed by atoms with Crippen LogP contribution in [-0.4, -0.2) is 48.8 Å². The predicted octanol–water partition coefficient (Wildman–Crippen LogP) is 0.689. The van der Waals surface area contributed by atoms with E-state index in [2.05, 4.69) is 31.0 Å². The van der Waals surface area contributed by atoms with Gasteiger partial charge in [0.15, 0.2) is 0 Å². The molecule has 0 saturated heterocycles. The number of nitrogens with zero attached hydrogens (tertiary/aromatic N) is 1. The quantitative estimate of drug-likeness (QED) is 0.617. The first-order chi connectivity index (χ1) is 6.11. The zero-order valence-corrected chi connectivity index (χ0v) is 9.43. The molecule has 0 amide bonds. The van der Waals surface area contributed by atoms with Crippen molar-refractivity contribution in [2.24, 2.45) is 0 Å². The summed E-state index contributed by atoms with van der Waals surface area (Å²) in [5.41, 5.74) is -0.122. The fraction of sp³-hybridized carbons (Fsp3) is 1.00. The Balaban J connectivity index is 3.83. The minimum atomic E-state index is -0.122. The van der Waals surface area contributed by atoms with Crippen LogP contribution in [0.3, 0.4) is 0 Å². The number of rotatable bonds is 7. The van der Waals surface area contributed by atoms with Crippen LogP contribution in [0.2, 0.25) is 0 Å². The fourth-order valence-electron chi connectivity index (χ4n) is 1.23. The number of likely N-dealkylation sites (N-methyl/N-ethyl adjacent to an activating group) is 1.